The topological polar surface area (TPSA) is 33.2 Å². The summed E-state index contributed by atoms with van der Waals surface area (Å²) < 4.78 is 0. The van der Waals surface area contributed by atoms with Crippen LogP contribution in [-0.2, 0) is 4.79 Å². The third kappa shape index (κ3) is 2.43. The summed E-state index contributed by atoms with van der Waals surface area (Å²) in [5, 5.41) is 0. The van der Waals surface area contributed by atoms with Crippen LogP contribution >= 0.6 is 0 Å². The van der Waals surface area contributed by atoms with E-state index >= 15 is 0 Å². The molecule has 3 rings (SSSR count). The van der Waals surface area contributed by atoms with Crippen molar-refractivity contribution < 1.29 is 4.79 Å². The highest BCUT2D eigenvalue weighted by Gasteiger charge is 2.49. The minimum atomic E-state index is -0.105. The van der Waals surface area contributed by atoms with E-state index in [2.05, 4.69) is 24.0 Å². The standard InChI is InChI=1S/C19H20N2O/c1-3-9-16-18(17-12-7-8-13-20-17)21(19(16)22)14(2)15-10-5-4-6-11-15/h3-14,16,18H,1-2H3/b9-3+/t14-,16+,18-/m1/s1. The Morgan fingerprint density at radius 2 is 1.86 bits per heavy atom. The Morgan fingerprint density at radius 1 is 1.14 bits per heavy atom. The number of β-lactam (4-membered cyclic amide) rings is 1. The summed E-state index contributed by atoms with van der Waals surface area (Å²) >= 11 is 0. The molecule has 1 saturated heterocycles. The molecule has 1 fully saturated rings. The molecule has 1 aromatic heterocycles. The summed E-state index contributed by atoms with van der Waals surface area (Å²) in [6.45, 7) is 4.03. The first-order valence-corrected chi connectivity index (χ1v) is 7.65. The fourth-order valence-corrected chi connectivity index (χ4v) is 3.13. The number of hydrogen-bond acceptors (Lipinski definition) is 2. The minimum absolute atomic E-state index is 0.0140. The lowest BCUT2D eigenvalue weighted by Crippen LogP contribution is -2.55. The molecule has 112 valence electrons. The van der Waals surface area contributed by atoms with Crippen molar-refractivity contribution in [1.29, 1.82) is 0 Å². The molecule has 0 N–H and O–H groups in total. The molecule has 2 aromatic rings. The molecule has 1 aliphatic heterocycles. The van der Waals surface area contributed by atoms with Crippen molar-refractivity contribution in [3.8, 4) is 0 Å². The van der Waals surface area contributed by atoms with Gasteiger partial charge in [0, 0.05) is 6.20 Å². The molecule has 3 atom stereocenters. The number of carbonyl (C=O) groups excluding carboxylic acids is 1. The van der Waals surface area contributed by atoms with Crippen LogP contribution in [0.5, 0.6) is 0 Å². The number of aromatic nitrogens is 1. The van der Waals surface area contributed by atoms with Gasteiger partial charge < -0.3 is 4.90 Å². The third-order valence-corrected chi connectivity index (χ3v) is 4.27. The second-order valence-corrected chi connectivity index (χ2v) is 5.58. The number of allylic oxidation sites excluding steroid dienone is 1. The quantitative estimate of drug-likeness (QED) is 0.632. The van der Waals surface area contributed by atoms with E-state index in [1.807, 2.05) is 60.4 Å². The van der Waals surface area contributed by atoms with Crippen molar-refractivity contribution in [2.45, 2.75) is 25.9 Å². The molecule has 2 heterocycles. The van der Waals surface area contributed by atoms with E-state index in [1.54, 1.807) is 6.20 Å². The summed E-state index contributed by atoms with van der Waals surface area (Å²) in [4.78, 5) is 19.0. The van der Waals surface area contributed by atoms with Crippen LogP contribution in [0.3, 0.4) is 0 Å². The Hall–Kier alpha value is -2.42. The predicted molar refractivity (Wildman–Crippen MR) is 87.0 cm³/mol. The summed E-state index contributed by atoms with van der Waals surface area (Å²) in [5.41, 5.74) is 2.10. The Labute approximate surface area is 131 Å². The average molecular weight is 292 g/mol. The Bertz CT molecular complexity index is 666. The summed E-state index contributed by atoms with van der Waals surface area (Å²) in [7, 11) is 0. The van der Waals surface area contributed by atoms with Gasteiger partial charge in [0.15, 0.2) is 0 Å². The van der Waals surface area contributed by atoms with Gasteiger partial charge in [0.05, 0.1) is 23.7 Å². The van der Waals surface area contributed by atoms with Gasteiger partial charge in [-0.2, -0.15) is 0 Å². The number of pyridine rings is 1. The largest absolute Gasteiger partial charge is 0.326 e. The number of likely N-dealkylation sites (tertiary alicyclic amines) is 1. The van der Waals surface area contributed by atoms with Crippen LogP contribution in [0.2, 0.25) is 0 Å². The van der Waals surface area contributed by atoms with Gasteiger partial charge in [-0.15, -0.1) is 0 Å². The zero-order valence-electron chi connectivity index (χ0n) is 12.9. The van der Waals surface area contributed by atoms with Crippen molar-refractivity contribution in [3.05, 3.63) is 78.1 Å². The van der Waals surface area contributed by atoms with Gasteiger partial charge in [0.1, 0.15) is 0 Å². The minimum Gasteiger partial charge on any atom is -0.326 e. The molecule has 0 saturated carbocycles. The number of hydrogen-bond donors (Lipinski definition) is 0. The lowest BCUT2D eigenvalue weighted by Gasteiger charge is -2.49. The van der Waals surface area contributed by atoms with Crippen LogP contribution in [0.25, 0.3) is 0 Å². The Balaban J connectivity index is 1.94. The smallest absolute Gasteiger partial charge is 0.233 e. The molecule has 3 heteroatoms. The molecule has 0 radical (unpaired) electrons. The van der Waals surface area contributed by atoms with Gasteiger partial charge in [-0.1, -0.05) is 48.6 Å². The predicted octanol–water partition coefficient (Wildman–Crippen LogP) is 3.92. The number of carbonyl (C=O) groups is 1. The maximum Gasteiger partial charge on any atom is 0.233 e. The number of amides is 1. The van der Waals surface area contributed by atoms with E-state index in [1.165, 1.54) is 0 Å². The van der Waals surface area contributed by atoms with Crippen LogP contribution in [0.15, 0.2) is 66.9 Å². The van der Waals surface area contributed by atoms with Crippen molar-refractivity contribution >= 4 is 5.91 Å². The van der Waals surface area contributed by atoms with Gasteiger partial charge in [-0.05, 0) is 31.5 Å². The van der Waals surface area contributed by atoms with Crippen LogP contribution in [0, 0.1) is 5.92 Å². The number of benzene rings is 1. The van der Waals surface area contributed by atoms with Crippen molar-refractivity contribution in [1.82, 2.24) is 9.88 Å². The Morgan fingerprint density at radius 3 is 2.50 bits per heavy atom. The summed E-state index contributed by atoms with van der Waals surface area (Å²) in [5.74, 6) is 0.0659. The van der Waals surface area contributed by atoms with Crippen molar-refractivity contribution in [3.63, 3.8) is 0 Å². The van der Waals surface area contributed by atoms with Crippen molar-refractivity contribution in [2.24, 2.45) is 5.92 Å². The molecule has 0 bridgehead atoms. The first kappa shape index (κ1) is 14.5. The summed E-state index contributed by atoms with van der Waals surface area (Å²) in [6.07, 6.45) is 5.72. The van der Waals surface area contributed by atoms with Crippen LogP contribution < -0.4 is 0 Å². The normalized spacial score (nSPS) is 22.6. The molecule has 1 aromatic carbocycles. The highest BCUT2D eigenvalue weighted by Crippen LogP contribution is 2.45. The molecular formula is C19H20N2O. The van der Waals surface area contributed by atoms with Gasteiger partial charge in [0.2, 0.25) is 5.91 Å². The van der Waals surface area contributed by atoms with E-state index in [9.17, 15) is 4.79 Å². The highest BCUT2D eigenvalue weighted by molar-refractivity contribution is 5.88. The van der Waals surface area contributed by atoms with Crippen molar-refractivity contribution in [2.75, 3.05) is 0 Å². The van der Waals surface area contributed by atoms with Crippen LogP contribution in [0.4, 0.5) is 0 Å². The van der Waals surface area contributed by atoms with Gasteiger partial charge in [-0.3, -0.25) is 9.78 Å². The first-order chi connectivity index (χ1) is 10.7. The van der Waals surface area contributed by atoms with Gasteiger partial charge >= 0.3 is 0 Å². The molecule has 1 amide bonds. The highest BCUT2D eigenvalue weighted by atomic mass is 16.2. The van der Waals surface area contributed by atoms with E-state index in [4.69, 9.17) is 0 Å². The lowest BCUT2D eigenvalue weighted by atomic mass is 9.82. The van der Waals surface area contributed by atoms with E-state index in [-0.39, 0.29) is 23.9 Å². The van der Waals surface area contributed by atoms with E-state index < -0.39 is 0 Å². The van der Waals surface area contributed by atoms with Gasteiger partial charge in [0.25, 0.3) is 0 Å². The van der Waals surface area contributed by atoms with Crippen LogP contribution in [-0.4, -0.2) is 15.8 Å². The van der Waals surface area contributed by atoms with E-state index in [0.717, 1.165) is 11.3 Å². The molecule has 1 aliphatic rings. The number of rotatable bonds is 4. The first-order valence-electron chi connectivity index (χ1n) is 7.65. The molecule has 3 nitrogen and oxygen atoms in total. The number of nitrogens with zero attached hydrogens (tertiary/aromatic N) is 2. The van der Waals surface area contributed by atoms with E-state index in [0.29, 0.717) is 0 Å². The van der Waals surface area contributed by atoms with Gasteiger partial charge in [-0.25, -0.2) is 0 Å². The lowest BCUT2D eigenvalue weighted by molar-refractivity contribution is -0.157. The molecule has 22 heavy (non-hydrogen) atoms. The fourth-order valence-electron chi connectivity index (χ4n) is 3.13. The van der Waals surface area contributed by atoms with Crippen LogP contribution in [0.1, 0.15) is 37.2 Å². The molecule has 0 spiro atoms. The maximum atomic E-state index is 12.6. The molecule has 0 aliphatic carbocycles. The zero-order valence-corrected chi connectivity index (χ0v) is 12.9. The second-order valence-electron chi connectivity index (χ2n) is 5.58. The maximum absolute atomic E-state index is 12.6. The SMILES string of the molecule is C/C=C/[C@@H]1C(=O)N([C@H](C)c2ccccc2)[C@H]1c1ccccn1. The summed E-state index contributed by atoms with van der Waals surface area (Å²) in [6, 6.07) is 16.1. The fraction of sp³-hybridized carbons (Fsp3) is 0.263. The third-order valence-electron chi connectivity index (χ3n) is 4.27. The second kappa shape index (κ2) is 6.14. The zero-order chi connectivity index (χ0) is 15.5. The molecular weight excluding hydrogens is 272 g/mol. The molecule has 0 unspecified atom stereocenters. The monoisotopic (exact) mass is 292 g/mol. The Kier molecular flexibility index (Phi) is 4.05. The average Bonchev–Trinajstić information content (AvgIpc) is 2.58.